The van der Waals surface area contributed by atoms with E-state index in [2.05, 4.69) is 9.98 Å². The number of allylic oxidation sites excluding steroid dienone is 3. The van der Waals surface area contributed by atoms with E-state index in [1.807, 2.05) is 6.08 Å². The maximum Gasteiger partial charge on any atom is 0.262 e. The first-order chi connectivity index (χ1) is 16.8. The fraction of sp³-hybridized carbons (Fsp3) is 0.400. The number of fused-ring (bicyclic) bond motifs is 1. The highest BCUT2D eigenvalue weighted by molar-refractivity contribution is 7.89. The second-order valence-corrected chi connectivity index (χ2v) is 11.4. The summed E-state index contributed by atoms with van der Waals surface area (Å²) in [5.74, 6) is -0.343. The number of rotatable bonds is 6. The largest absolute Gasteiger partial charge is 0.404 e. The lowest BCUT2D eigenvalue weighted by Crippen LogP contribution is -2.49. The number of aryl methyl sites for hydroxylation is 1. The third-order valence-electron chi connectivity index (χ3n) is 7.12. The van der Waals surface area contributed by atoms with Gasteiger partial charge in [0.05, 0.1) is 23.1 Å². The van der Waals surface area contributed by atoms with Gasteiger partial charge in [-0.05, 0) is 80.6 Å². The van der Waals surface area contributed by atoms with Crippen molar-refractivity contribution in [1.82, 2.24) is 13.9 Å². The number of aldehydes is 1. The normalized spacial score (nSPS) is 27.2. The quantitative estimate of drug-likeness (QED) is 0.615. The SMILES string of the molecule is Cn1cnc(S(=O)(=O)N(C2CC2)C2CCC3=CC(=Nc4ccc(F)cc4)C(=CN)CC3(C=O)C2)c1. The molecule has 8 nitrogen and oxygen atoms in total. The van der Waals surface area contributed by atoms with Gasteiger partial charge in [-0.15, -0.1) is 0 Å². The van der Waals surface area contributed by atoms with Gasteiger partial charge in [-0.1, -0.05) is 5.57 Å². The number of sulfonamides is 1. The number of hydrogen-bond acceptors (Lipinski definition) is 6. The number of benzene rings is 1. The lowest BCUT2D eigenvalue weighted by molar-refractivity contribution is -0.116. The Morgan fingerprint density at radius 2 is 1.97 bits per heavy atom. The van der Waals surface area contributed by atoms with E-state index in [1.165, 1.54) is 30.9 Å². The zero-order valence-corrected chi connectivity index (χ0v) is 20.3. The number of aliphatic imine (C=N–C) groups is 1. The standard InChI is InChI=1S/C25H28FN5O3S/c1-30-14-24(28-16-30)35(33,34)31(21-8-9-21)22-7-2-18-10-23(29-20-5-3-19(26)4-6-20)17(13-27)11-25(18,12-22)15-32/h3-6,10,13-16,21-22H,2,7-9,11-12,27H2,1H3. The summed E-state index contributed by atoms with van der Waals surface area (Å²) < 4.78 is 43.6. The Morgan fingerprint density at radius 3 is 2.57 bits per heavy atom. The highest BCUT2D eigenvalue weighted by Crippen LogP contribution is 2.50. The number of halogens is 1. The summed E-state index contributed by atoms with van der Waals surface area (Å²) in [6.07, 6.45) is 10.8. The fourth-order valence-electron chi connectivity index (χ4n) is 5.25. The lowest BCUT2D eigenvalue weighted by atomic mass is 9.63. The van der Waals surface area contributed by atoms with Crippen LogP contribution in [0, 0.1) is 11.2 Å². The number of nitrogens with two attached hydrogens (primary N) is 1. The van der Waals surface area contributed by atoms with Crippen LogP contribution in [0.3, 0.4) is 0 Å². The molecule has 2 atom stereocenters. The number of carbonyl (C=O) groups excluding carboxylic acids is 1. The first-order valence-corrected chi connectivity index (χ1v) is 13.1. The molecule has 0 radical (unpaired) electrons. The molecule has 2 aromatic rings. The first kappa shape index (κ1) is 23.6. The number of nitrogens with zero attached hydrogens (tertiary/aromatic N) is 4. The first-order valence-electron chi connectivity index (χ1n) is 11.7. The van der Waals surface area contributed by atoms with Gasteiger partial charge in [-0.25, -0.2) is 22.8 Å². The minimum atomic E-state index is -3.79. The number of aromatic nitrogens is 2. The Labute approximate surface area is 204 Å². The summed E-state index contributed by atoms with van der Waals surface area (Å²) >= 11 is 0. The van der Waals surface area contributed by atoms with Gasteiger partial charge in [-0.3, -0.25) is 0 Å². The van der Waals surface area contributed by atoms with Crippen molar-refractivity contribution in [3.05, 3.63) is 66.0 Å². The molecule has 35 heavy (non-hydrogen) atoms. The Kier molecular flexibility index (Phi) is 5.96. The van der Waals surface area contributed by atoms with Gasteiger partial charge in [0.15, 0.2) is 5.03 Å². The minimum absolute atomic E-state index is 0.0355. The van der Waals surface area contributed by atoms with E-state index >= 15 is 0 Å². The van der Waals surface area contributed by atoms with Crippen molar-refractivity contribution in [2.24, 2.45) is 23.2 Å². The smallest absolute Gasteiger partial charge is 0.262 e. The third kappa shape index (κ3) is 4.36. The average molecular weight is 498 g/mol. The van der Waals surface area contributed by atoms with Crippen LogP contribution in [0.5, 0.6) is 0 Å². The molecule has 3 aliphatic carbocycles. The second kappa shape index (κ2) is 8.83. The van der Waals surface area contributed by atoms with Crippen LogP contribution in [0.15, 0.2) is 70.2 Å². The number of imidazole rings is 1. The van der Waals surface area contributed by atoms with Gasteiger partial charge in [-0.2, -0.15) is 4.31 Å². The van der Waals surface area contributed by atoms with Crippen LogP contribution in [0.25, 0.3) is 0 Å². The van der Waals surface area contributed by atoms with Crippen LogP contribution in [-0.2, 0) is 21.9 Å². The third-order valence-corrected chi connectivity index (χ3v) is 9.02. The molecule has 2 saturated carbocycles. The number of hydrogen-bond donors (Lipinski definition) is 1. The summed E-state index contributed by atoms with van der Waals surface area (Å²) in [5, 5.41) is 0.0355. The van der Waals surface area contributed by atoms with E-state index < -0.39 is 15.4 Å². The van der Waals surface area contributed by atoms with Gasteiger partial charge in [0.2, 0.25) is 0 Å². The van der Waals surface area contributed by atoms with Crippen LogP contribution >= 0.6 is 0 Å². The Bertz CT molecular complexity index is 1340. The predicted molar refractivity (Wildman–Crippen MR) is 130 cm³/mol. The molecule has 2 unspecified atom stereocenters. The predicted octanol–water partition coefficient (Wildman–Crippen LogP) is 3.40. The zero-order valence-electron chi connectivity index (χ0n) is 19.5. The molecule has 184 valence electrons. The summed E-state index contributed by atoms with van der Waals surface area (Å²) in [5.41, 5.74) is 7.97. The molecule has 2 fully saturated rings. The van der Waals surface area contributed by atoms with Gasteiger partial charge in [0.1, 0.15) is 12.1 Å². The summed E-state index contributed by atoms with van der Waals surface area (Å²) in [4.78, 5) is 21.3. The van der Waals surface area contributed by atoms with Crippen molar-refractivity contribution in [1.29, 1.82) is 0 Å². The molecule has 1 aromatic carbocycles. The van der Waals surface area contributed by atoms with Crippen LogP contribution in [-0.4, -0.2) is 46.4 Å². The molecule has 0 amide bonds. The molecule has 1 aromatic heterocycles. The van der Waals surface area contributed by atoms with E-state index in [9.17, 15) is 17.6 Å². The van der Waals surface area contributed by atoms with Gasteiger partial charge in [0, 0.05) is 25.3 Å². The molecule has 5 rings (SSSR count). The molecule has 1 heterocycles. The van der Waals surface area contributed by atoms with Crippen molar-refractivity contribution in [2.75, 3.05) is 0 Å². The fourth-order valence-corrected chi connectivity index (χ4v) is 7.12. The maximum atomic E-state index is 13.5. The van der Waals surface area contributed by atoms with E-state index in [0.717, 1.165) is 24.7 Å². The van der Waals surface area contributed by atoms with Crippen LogP contribution < -0.4 is 5.73 Å². The Morgan fingerprint density at radius 1 is 1.23 bits per heavy atom. The highest BCUT2D eigenvalue weighted by Gasteiger charge is 2.50. The van der Waals surface area contributed by atoms with Gasteiger partial charge in [0.25, 0.3) is 10.0 Å². The zero-order chi connectivity index (χ0) is 24.8. The molecule has 10 heteroatoms. The summed E-state index contributed by atoms with van der Waals surface area (Å²) in [6, 6.07) is 5.48. The molecule has 0 bridgehead atoms. The molecule has 0 aliphatic heterocycles. The second-order valence-electron chi connectivity index (χ2n) is 9.63. The van der Waals surface area contributed by atoms with Crippen molar-refractivity contribution in [3.8, 4) is 0 Å². The summed E-state index contributed by atoms with van der Waals surface area (Å²) in [7, 11) is -2.05. The van der Waals surface area contributed by atoms with Crippen molar-refractivity contribution >= 4 is 27.7 Å². The van der Waals surface area contributed by atoms with E-state index in [1.54, 1.807) is 28.1 Å². The maximum absolute atomic E-state index is 13.5. The summed E-state index contributed by atoms with van der Waals surface area (Å²) in [6.45, 7) is 0. The molecule has 0 saturated heterocycles. The Balaban J connectivity index is 1.48. The Hall–Kier alpha value is -3.11. The highest BCUT2D eigenvalue weighted by atomic mass is 32.2. The van der Waals surface area contributed by atoms with Crippen LogP contribution in [0.2, 0.25) is 0 Å². The topological polar surface area (TPSA) is 111 Å². The van der Waals surface area contributed by atoms with E-state index in [0.29, 0.717) is 42.7 Å². The van der Waals surface area contributed by atoms with E-state index in [4.69, 9.17) is 5.73 Å². The average Bonchev–Trinajstić information content (AvgIpc) is 3.57. The molecular weight excluding hydrogens is 469 g/mol. The van der Waals surface area contributed by atoms with Crippen LogP contribution in [0.1, 0.15) is 38.5 Å². The molecule has 0 spiro atoms. The molecule has 2 N–H and O–H groups in total. The van der Waals surface area contributed by atoms with Crippen LogP contribution in [0.4, 0.5) is 10.1 Å². The lowest BCUT2D eigenvalue weighted by Gasteiger charge is -2.45. The minimum Gasteiger partial charge on any atom is -0.404 e. The van der Waals surface area contributed by atoms with Crippen molar-refractivity contribution in [2.45, 2.75) is 55.6 Å². The van der Waals surface area contributed by atoms with Gasteiger partial charge >= 0.3 is 0 Å². The monoisotopic (exact) mass is 497 g/mol. The number of carbonyl (C=O) groups is 1. The van der Waals surface area contributed by atoms with Crippen molar-refractivity contribution in [3.63, 3.8) is 0 Å². The molecule has 3 aliphatic rings. The molecular formula is C25H28FN5O3S. The van der Waals surface area contributed by atoms with Crippen molar-refractivity contribution < 1.29 is 17.6 Å². The van der Waals surface area contributed by atoms with Gasteiger partial charge < -0.3 is 15.1 Å². The van der Waals surface area contributed by atoms with E-state index in [-0.39, 0.29) is 22.9 Å².